The smallest absolute Gasteiger partial charge is 0.198 e. The van der Waals surface area contributed by atoms with Crippen LogP contribution < -0.4 is 0 Å². The fraction of sp³-hybridized carbons (Fsp3) is 0.889. The molecule has 0 aromatic heterocycles. The largest absolute Gasteiger partial charge is 0.381 e. The normalized spacial score (nSPS) is 9.91. The first-order chi connectivity index (χ1) is 5.41. The maximum Gasteiger partial charge on any atom is 0.198 e. The summed E-state index contributed by atoms with van der Waals surface area (Å²) in [5.74, 6) is 0. The average Bonchev–Trinajstić information content (AvgIpc) is 2.03. The van der Waals surface area contributed by atoms with Crippen molar-refractivity contribution in [1.29, 1.82) is 0 Å². The topological polar surface area (TPSA) is 26.3 Å². The van der Waals surface area contributed by atoms with Crippen LogP contribution in [-0.4, -0.2) is 19.5 Å². The van der Waals surface area contributed by atoms with Gasteiger partial charge < -0.3 is 4.74 Å². The molecule has 0 unspecified atom stereocenters. The third-order valence-corrected chi connectivity index (χ3v) is 1.42. The highest BCUT2D eigenvalue weighted by molar-refractivity contribution is 5.50. The Morgan fingerprint density at radius 3 is 2.64 bits per heavy atom. The summed E-state index contributed by atoms with van der Waals surface area (Å²) >= 11 is 0. The van der Waals surface area contributed by atoms with E-state index in [2.05, 4.69) is 6.92 Å². The van der Waals surface area contributed by atoms with E-state index in [1.54, 1.807) is 0 Å². The van der Waals surface area contributed by atoms with E-state index < -0.39 is 0 Å². The monoisotopic (exact) mass is 157 g/mol. The molecule has 0 aromatic rings. The van der Waals surface area contributed by atoms with Gasteiger partial charge >= 0.3 is 0 Å². The van der Waals surface area contributed by atoms with Crippen molar-refractivity contribution in [3.05, 3.63) is 0 Å². The summed E-state index contributed by atoms with van der Waals surface area (Å²) in [6.07, 6.45) is 6.65. The number of unbranched alkanes of at least 4 members (excludes halogenated alkanes) is 3. The molecule has 2 heteroatoms. The van der Waals surface area contributed by atoms with Crippen LogP contribution in [0.4, 0.5) is 0 Å². The SMILES string of the molecule is CCCOCCCCC[C]=O. The molecule has 0 atom stereocenters. The van der Waals surface area contributed by atoms with E-state index in [1.165, 1.54) is 0 Å². The fourth-order valence-corrected chi connectivity index (χ4v) is 0.824. The molecule has 0 rings (SSSR count). The maximum absolute atomic E-state index is 9.78. The molecule has 65 valence electrons. The molecule has 0 amide bonds. The maximum atomic E-state index is 9.78. The van der Waals surface area contributed by atoms with Crippen LogP contribution in [-0.2, 0) is 9.53 Å². The standard InChI is InChI=1S/C9H17O2/c1-2-8-11-9-6-4-3-5-7-10/h2-6,8-9H2,1H3. The van der Waals surface area contributed by atoms with Crippen LogP contribution in [0.1, 0.15) is 39.0 Å². The lowest BCUT2D eigenvalue weighted by molar-refractivity contribution is 0.130. The Morgan fingerprint density at radius 1 is 1.18 bits per heavy atom. The predicted octanol–water partition coefficient (Wildman–Crippen LogP) is 2.08. The molecule has 0 spiro atoms. The van der Waals surface area contributed by atoms with Crippen LogP contribution in [0, 0.1) is 0 Å². The molecule has 0 aliphatic heterocycles. The van der Waals surface area contributed by atoms with Crippen LogP contribution in [0.5, 0.6) is 0 Å². The molecule has 11 heavy (non-hydrogen) atoms. The molecular formula is C9H17O2. The zero-order chi connectivity index (χ0) is 8.36. The molecule has 2 nitrogen and oxygen atoms in total. The average molecular weight is 157 g/mol. The Kier molecular flexibility index (Phi) is 9.31. The zero-order valence-electron chi connectivity index (χ0n) is 7.27. The lowest BCUT2D eigenvalue weighted by Gasteiger charge is -2.00. The Labute approximate surface area is 68.9 Å². The van der Waals surface area contributed by atoms with Crippen molar-refractivity contribution < 1.29 is 9.53 Å². The third-order valence-electron chi connectivity index (χ3n) is 1.42. The number of carbonyl (C=O) groups excluding carboxylic acids is 1. The summed E-state index contributed by atoms with van der Waals surface area (Å²) < 4.78 is 5.26. The highest BCUT2D eigenvalue weighted by Crippen LogP contribution is 1.98. The van der Waals surface area contributed by atoms with Gasteiger partial charge in [0, 0.05) is 19.6 Å². The van der Waals surface area contributed by atoms with Gasteiger partial charge in [0.1, 0.15) is 0 Å². The van der Waals surface area contributed by atoms with Crippen molar-refractivity contribution in [3.63, 3.8) is 0 Å². The van der Waals surface area contributed by atoms with E-state index >= 15 is 0 Å². The van der Waals surface area contributed by atoms with Crippen molar-refractivity contribution in [3.8, 4) is 0 Å². The summed E-state index contributed by atoms with van der Waals surface area (Å²) in [5, 5.41) is 0. The summed E-state index contributed by atoms with van der Waals surface area (Å²) in [4.78, 5) is 9.78. The van der Waals surface area contributed by atoms with Crippen LogP contribution in [0.25, 0.3) is 0 Å². The van der Waals surface area contributed by atoms with Crippen molar-refractivity contribution in [2.24, 2.45) is 0 Å². The van der Waals surface area contributed by atoms with Crippen LogP contribution in [0.3, 0.4) is 0 Å². The molecule has 0 N–H and O–H groups in total. The van der Waals surface area contributed by atoms with E-state index in [-0.39, 0.29) is 0 Å². The minimum Gasteiger partial charge on any atom is -0.381 e. The van der Waals surface area contributed by atoms with Gasteiger partial charge in [0.25, 0.3) is 0 Å². The van der Waals surface area contributed by atoms with E-state index in [4.69, 9.17) is 4.74 Å². The Morgan fingerprint density at radius 2 is 2.00 bits per heavy atom. The van der Waals surface area contributed by atoms with Crippen LogP contribution >= 0.6 is 0 Å². The second-order valence-corrected chi connectivity index (χ2v) is 2.57. The molecule has 0 saturated carbocycles. The van der Waals surface area contributed by atoms with E-state index in [1.807, 2.05) is 6.29 Å². The number of hydrogen-bond donors (Lipinski definition) is 0. The molecule has 0 aromatic carbocycles. The van der Waals surface area contributed by atoms with Gasteiger partial charge in [-0.3, -0.25) is 4.79 Å². The summed E-state index contributed by atoms with van der Waals surface area (Å²) in [6.45, 7) is 3.80. The van der Waals surface area contributed by atoms with Crippen molar-refractivity contribution in [1.82, 2.24) is 0 Å². The molecular weight excluding hydrogens is 140 g/mol. The summed E-state index contributed by atoms with van der Waals surface area (Å²) in [6, 6.07) is 0. The first-order valence-corrected chi connectivity index (χ1v) is 4.34. The number of ether oxygens (including phenoxy) is 1. The second kappa shape index (κ2) is 9.63. The van der Waals surface area contributed by atoms with Crippen molar-refractivity contribution >= 4 is 6.29 Å². The minimum atomic E-state index is 0.577. The Bertz CT molecular complexity index is 81.6. The molecule has 0 fully saturated rings. The van der Waals surface area contributed by atoms with Gasteiger partial charge in [-0.05, 0) is 19.3 Å². The summed E-state index contributed by atoms with van der Waals surface area (Å²) in [5.41, 5.74) is 0. The summed E-state index contributed by atoms with van der Waals surface area (Å²) in [7, 11) is 0. The van der Waals surface area contributed by atoms with Crippen molar-refractivity contribution in [2.45, 2.75) is 39.0 Å². The van der Waals surface area contributed by atoms with Crippen molar-refractivity contribution in [2.75, 3.05) is 13.2 Å². The quantitative estimate of drug-likeness (QED) is 0.504. The van der Waals surface area contributed by atoms with Crippen LogP contribution in [0.2, 0.25) is 0 Å². The lowest BCUT2D eigenvalue weighted by Crippen LogP contribution is -1.95. The number of hydrogen-bond acceptors (Lipinski definition) is 2. The van der Waals surface area contributed by atoms with Gasteiger partial charge in [0.2, 0.25) is 0 Å². The molecule has 0 bridgehead atoms. The molecule has 1 radical (unpaired) electrons. The predicted molar refractivity (Wildman–Crippen MR) is 45.3 cm³/mol. The van der Waals surface area contributed by atoms with Gasteiger partial charge in [0.05, 0.1) is 0 Å². The number of rotatable bonds is 8. The van der Waals surface area contributed by atoms with E-state index in [0.29, 0.717) is 6.42 Å². The fourth-order valence-electron chi connectivity index (χ4n) is 0.824. The molecule has 0 aliphatic rings. The Hall–Kier alpha value is -0.370. The first kappa shape index (κ1) is 10.6. The van der Waals surface area contributed by atoms with Gasteiger partial charge in [-0.15, -0.1) is 0 Å². The second-order valence-electron chi connectivity index (χ2n) is 2.57. The van der Waals surface area contributed by atoms with Gasteiger partial charge in [-0.2, -0.15) is 0 Å². The van der Waals surface area contributed by atoms with E-state index in [9.17, 15) is 4.79 Å². The molecule has 0 heterocycles. The minimum absolute atomic E-state index is 0.577. The third kappa shape index (κ3) is 9.63. The highest BCUT2D eigenvalue weighted by Gasteiger charge is 1.89. The molecule has 0 saturated heterocycles. The zero-order valence-corrected chi connectivity index (χ0v) is 7.27. The van der Waals surface area contributed by atoms with E-state index in [0.717, 1.165) is 38.9 Å². The van der Waals surface area contributed by atoms with Gasteiger partial charge in [-0.25, -0.2) is 0 Å². The Balaban J connectivity index is 2.74. The van der Waals surface area contributed by atoms with Crippen LogP contribution in [0.15, 0.2) is 0 Å². The lowest BCUT2D eigenvalue weighted by atomic mass is 10.2. The van der Waals surface area contributed by atoms with Gasteiger partial charge in [-0.1, -0.05) is 13.3 Å². The first-order valence-electron chi connectivity index (χ1n) is 4.34. The highest BCUT2D eigenvalue weighted by atomic mass is 16.5. The molecule has 0 aliphatic carbocycles. The van der Waals surface area contributed by atoms with Gasteiger partial charge in [0.15, 0.2) is 6.29 Å².